The molecule has 2 amide bonds. The van der Waals surface area contributed by atoms with Gasteiger partial charge in [0.2, 0.25) is 5.91 Å². The zero-order chi connectivity index (χ0) is 22.9. The summed E-state index contributed by atoms with van der Waals surface area (Å²) in [7, 11) is 1.51. The average Bonchev–Trinajstić information content (AvgIpc) is 3.30. The van der Waals surface area contributed by atoms with Crippen molar-refractivity contribution in [2.45, 2.75) is 13.5 Å². The van der Waals surface area contributed by atoms with Gasteiger partial charge in [-0.1, -0.05) is 23.7 Å². The van der Waals surface area contributed by atoms with Gasteiger partial charge in [0.25, 0.3) is 5.91 Å². The summed E-state index contributed by atoms with van der Waals surface area (Å²) in [5.74, 6) is 0.823. The fourth-order valence-electron chi connectivity index (χ4n) is 2.96. The van der Waals surface area contributed by atoms with Gasteiger partial charge in [0, 0.05) is 6.08 Å². The van der Waals surface area contributed by atoms with E-state index in [4.69, 9.17) is 25.5 Å². The number of hydrogen-bond donors (Lipinski definition) is 2. The normalized spacial score (nSPS) is 10.7. The molecule has 0 fully saturated rings. The Labute approximate surface area is 191 Å². The molecule has 3 rings (SSSR count). The van der Waals surface area contributed by atoms with Gasteiger partial charge >= 0.3 is 0 Å². The Kier molecular flexibility index (Phi) is 7.94. The molecule has 0 aliphatic carbocycles. The molecular formula is C24H23ClN2O5. The summed E-state index contributed by atoms with van der Waals surface area (Å²) < 4.78 is 16.0. The maximum Gasteiger partial charge on any atom is 0.253 e. The van der Waals surface area contributed by atoms with Crippen molar-refractivity contribution in [2.24, 2.45) is 0 Å². The van der Waals surface area contributed by atoms with Crippen LogP contribution in [0.5, 0.6) is 11.5 Å². The fraction of sp³-hybridized carbons (Fsp3) is 0.167. The van der Waals surface area contributed by atoms with E-state index in [9.17, 15) is 9.59 Å². The van der Waals surface area contributed by atoms with Crippen LogP contribution in [0.3, 0.4) is 0 Å². The second-order valence-electron chi connectivity index (χ2n) is 6.60. The molecule has 0 atom stereocenters. The highest BCUT2D eigenvalue weighted by Crippen LogP contribution is 2.36. The molecule has 0 unspecified atom stereocenters. The Balaban J connectivity index is 1.70. The van der Waals surface area contributed by atoms with Crippen molar-refractivity contribution in [1.29, 1.82) is 0 Å². The summed E-state index contributed by atoms with van der Waals surface area (Å²) in [5.41, 5.74) is 1.40. The lowest BCUT2D eigenvalue weighted by Crippen LogP contribution is -2.24. The van der Waals surface area contributed by atoms with E-state index in [2.05, 4.69) is 10.6 Å². The summed E-state index contributed by atoms with van der Waals surface area (Å²) in [6, 6.07) is 13.7. The first-order valence-electron chi connectivity index (χ1n) is 9.90. The minimum Gasteiger partial charge on any atom is -0.491 e. The monoisotopic (exact) mass is 454 g/mol. The third kappa shape index (κ3) is 5.92. The first kappa shape index (κ1) is 23.0. The molecule has 32 heavy (non-hydrogen) atoms. The summed E-state index contributed by atoms with van der Waals surface area (Å²) in [6.45, 7) is 2.54. The maximum atomic E-state index is 12.6. The van der Waals surface area contributed by atoms with Crippen molar-refractivity contribution in [2.75, 3.05) is 19.0 Å². The van der Waals surface area contributed by atoms with E-state index in [1.165, 1.54) is 19.4 Å². The Hall–Kier alpha value is -3.71. The number of rotatable bonds is 9. The number of carbonyl (C=O) groups is 2. The third-order valence-corrected chi connectivity index (χ3v) is 4.68. The van der Waals surface area contributed by atoms with Crippen LogP contribution in [-0.2, 0) is 11.3 Å². The van der Waals surface area contributed by atoms with E-state index in [0.29, 0.717) is 45.7 Å². The van der Waals surface area contributed by atoms with E-state index in [1.54, 1.807) is 54.6 Å². The summed E-state index contributed by atoms with van der Waals surface area (Å²) in [5, 5.41) is 5.87. The van der Waals surface area contributed by atoms with Crippen LogP contribution in [0.1, 0.15) is 28.6 Å². The van der Waals surface area contributed by atoms with Crippen molar-refractivity contribution in [3.05, 3.63) is 82.8 Å². The van der Waals surface area contributed by atoms with Crippen molar-refractivity contribution >= 4 is 35.2 Å². The summed E-state index contributed by atoms with van der Waals surface area (Å²) >= 11 is 6.25. The second-order valence-corrected chi connectivity index (χ2v) is 7.00. The van der Waals surface area contributed by atoms with Crippen LogP contribution in [-0.4, -0.2) is 25.5 Å². The number of hydrogen-bond acceptors (Lipinski definition) is 5. The van der Waals surface area contributed by atoms with Gasteiger partial charge in [-0.05, 0) is 55.0 Å². The van der Waals surface area contributed by atoms with Gasteiger partial charge in [-0.25, -0.2) is 0 Å². The molecule has 1 aromatic heterocycles. The van der Waals surface area contributed by atoms with Crippen LogP contribution in [0.2, 0.25) is 5.02 Å². The Bertz CT molecular complexity index is 1110. The van der Waals surface area contributed by atoms with Crippen LogP contribution in [0.4, 0.5) is 5.69 Å². The number of halogens is 1. The van der Waals surface area contributed by atoms with Crippen LogP contribution >= 0.6 is 11.6 Å². The number of amides is 2. The number of furan rings is 1. The van der Waals surface area contributed by atoms with Gasteiger partial charge in [0.05, 0.1) is 42.8 Å². The van der Waals surface area contributed by atoms with Gasteiger partial charge < -0.3 is 24.5 Å². The zero-order valence-corrected chi connectivity index (χ0v) is 18.4. The number of methoxy groups -OCH3 is 1. The molecular weight excluding hydrogens is 432 g/mol. The smallest absolute Gasteiger partial charge is 0.253 e. The molecule has 0 radical (unpaired) electrons. The maximum absolute atomic E-state index is 12.6. The molecule has 3 aromatic rings. The molecule has 0 saturated heterocycles. The SMILES string of the molecule is CCOc1cc(/C=C/C(=O)Nc2ccccc2C(=O)NCc2ccco2)cc(Cl)c1OC. The van der Waals surface area contributed by atoms with Gasteiger partial charge in [-0.15, -0.1) is 0 Å². The van der Waals surface area contributed by atoms with Crippen molar-refractivity contribution in [3.8, 4) is 11.5 Å². The molecule has 0 bridgehead atoms. The van der Waals surface area contributed by atoms with Gasteiger partial charge in [-0.2, -0.15) is 0 Å². The number of anilines is 1. The number of nitrogens with one attached hydrogen (secondary N) is 2. The molecule has 1 heterocycles. The van der Waals surface area contributed by atoms with Crippen LogP contribution in [0.25, 0.3) is 6.08 Å². The molecule has 0 aliphatic heterocycles. The standard InChI is InChI=1S/C24H23ClN2O5/c1-3-31-21-14-16(13-19(25)23(21)30-2)10-11-22(28)27-20-9-5-4-8-18(20)24(29)26-15-17-7-6-12-32-17/h4-14H,3,15H2,1-2H3,(H,26,29)(H,27,28)/b11-10+. The molecule has 0 spiro atoms. The summed E-state index contributed by atoms with van der Waals surface area (Å²) in [6.07, 6.45) is 4.49. The minimum atomic E-state index is -0.402. The predicted octanol–water partition coefficient (Wildman–Crippen LogP) is 4.92. The zero-order valence-electron chi connectivity index (χ0n) is 17.7. The van der Waals surface area contributed by atoms with Gasteiger partial charge in [-0.3, -0.25) is 9.59 Å². The average molecular weight is 455 g/mol. The first-order chi connectivity index (χ1) is 15.5. The molecule has 2 N–H and O–H groups in total. The lowest BCUT2D eigenvalue weighted by atomic mass is 10.1. The van der Waals surface area contributed by atoms with Crippen LogP contribution in [0.15, 0.2) is 65.3 Å². The molecule has 166 valence electrons. The molecule has 2 aromatic carbocycles. The molecule has 0 saturated carbocycles. The first-order valence-corrected chi connectivity index (χ1v) is 10.3. The van der Waals surface area contributed by atoms with Gasteiger partial charge in [0.1, 0.15) is 5.76 Å². The van der Waals surface area contributed by atoms with E-state index in [-0.39, 0.29) is 12.5 Å². The predicted molar refractivity (Wildman–Crippen MR) is 123 cm³/mol. The van der Waals surface area contributed by atoms with E-state index in [0.717, 1.165) is 0 Å². The van der Waals surface area contributed by atoms with E-state index < -0.39 is 5.91 Å². The van der Waals surface area contributed by atoms with Crippen LogP contribution in [0, 0.1) is 0 Å². The lowest BCUT2D eigenvalue weighted by Gasteiger charge is -2.12. The fourth-order valence-corrected chi connectivity index (χ4v) is 3.25. The third-order valence-electron chi connectivity index (χ3n) is 4.40. The van der Waals surface area contributed by atoms with E-state index in [1.807, 2.05) is 6.92 Å². The quantitative estimate of drug-likeness (QED) is 0.448. The molecule has 7 nitrogen and oxygen atoms in total. The highest BCUT2D eigenvalue weighted by Gasteiger charge is 2.13. The molecule has 0 aliphatic rings. The molecule has 8 heteroatoms. The van der Waals surface area contributed by atoms with E-state index >= 15 is 0 Å². The summed E-state index contributed by atoms with van der Waals surface area (Å²) in [4.78, 5) is 25.0. The number of ether oxygens (including phenoxy) is 2. The minimum absolute atomic E-state index is 0.244. The van der Waals surface area contributed by atoms with Crippen molar-refractivity contribution < 1.29 is 23.5 Å². The number of para-hydroxylation sites is 1. The lowest BCUT2D eigenvalue weighted by molar-refractivity contribution is -0.111. The van der Waals surface area contributed by atoms with Gasteiger partial charge in [0.15, 0.2) is 11.5 Å². The topological polar surface area (TPSA) is 89.8 Å². The van der Waals surface area contributed by atoms with Crippen molar-refractivity contribution in [3.63, 3.8) is 0 Å². The Morgan fingerprint density at radius 1 is 1.16 bits per heavy atom. The number of benzene rings is 2. The Morgan fingerprint density at radius 2 is 1.97 bits per heavy atom. The highest BCUT2D eigenvalue weighted by atomic mass is 35.5. The number of carbonyl (C=O) groups excluding carboxylic acids is 2. The van der Waals surface area contributed by atoms with Crippen molar-refractivity contribution in [1.82, 2.24) is 5.32 Å². The largest absolute Gasteiger partial charge is 0.491 e. The Morgan fingerprint density at radius 3 is 2.69 bits per heavy atom. The second kappa shape index (κ2) is 11.1. The highest BCUT2D eigenvalue weighted by molar-refractivity contribution is 6.32. The van der Waals surface area contributed by atoms with Crippen LogP contribution < -0.4 is 20.1 Å².